The molecule has 21 heavy (non-hydrogen) atoms. The van der Waals surface area contributed by atoms with Gasteiger partial charge in [-0.1, -0.05) is 12.1 Å². The molecular weight excluding hydrogens is 271 g/mol. The number of nitrogens with zero attached hydrogens (tertiary/aromatic N) is 1. The van der Waals surface area contributed by atoms with Crippen LogP contribution in [-0.4, -0.2) is 23.2 Å². The molecule has 1 aliphatic rings. The highest BCUT2D eigenvalue weighted by molar-refractivity contribution is 5.80. The maximum Gasteiger partial charge on any atom is 0.163 e. The fourth-order valence-electron chi connectivity index (χ4n) is 2.52. The van der Waals surface area contributed by atoms with Crippen molar-refractivity contribution in [2.75, 3.05) is 13.2 Å². The average molecular weight is 284 g/mol. The van der Waals surface area contributed by atoms with Crippen LogP contribution in [0.15, 0.2) is 36.4 Å². The molecule has 0 bridgehead atoms. The highest BCUT2D eigenvalue weighted by Crippen LogP contribution is 2.33. The quantitative estimate of drug-likeness (QED) is 0.786. The molecule has 106 valence electrons. The van der Waals surface area contributed by atoms with Crippen LogP contribution in [0.4, 0.5) is 4.39 Å². The number of hydrogen-bond donors (Lipinski definition) is 1. The van der Waals surface area contributed by atoms with E-state index in [4.69, 9.17) is 9.47 Å². The second-order valence-electron chi connectivity index (χ2n) is 5.00. The minimum absolute atomic E-state index is 0.235. The number of halogens is 1. The van der Waals surface area contributed by atoms with Crippen molar-refractivity contribution in [2.24, 2.45) is 0 Å². The molecule has 4 rings (SSSR count). The predicted octanol–water partition coefficient (Wildman–Crippen LogP) is 3.06. The minimum atomic E-state index is -0.235. The summed E-state index contributed by atoms with van der Waals surface area (Å²) in [4.78, 5) is 7.78. The van der Waals surface area contributed by atoms with Gasteiger partial charge < -0.3 is 14.5 Å². The Labute approximate surface area is 120 Å². The Kier molecular flexibility index (Phi) is 2.77. The van der Waals surface area contributed by atoms with Crippen molar-refractivity contribution in [3.05, 3.63) is 53.6 Å². The number of rotatable bonds is 2. The molecule has 0 saturated heterocycles. The van der Waals surface area contributed by atoms with Crippen LogP contribution in [0, 0.1) is 5.82 Å². The minimum Gasteiger partial charge on any atom is -0.486 e. The van der Waals surface area contributed by atoms with Crippen molar-refractivity contribution in [3.63, 3.8) is 0 Å². The summed E-state index contributed by atoms with van der Waals surface area (Å²) in [5.41, 5.74) is 2.60. The summed E-state index contributed by atoms with van der Waals surface area (Å²) in [6.07, 6.45) is 0.554. The van der Waals surface area contributed by atoms with Gasteiger partial charge in [-0.05, 0) is 17.7 Å². The van der Waals surface area contributed by atoms with Crippen LogP contribution >= 0.6 is 0 Å². The fraction of sp³-hybridized carbons (Fsp3) is 0.188. The molecule has 1 N–H and O–H groups in total. The number of fused-ring (bicyclic) bond motifs is 2. The number of aromatic amines is 1. The number of aromatic nitrogens is 2. The molecule has 1 aromatic heterocycles. The Hall–Kier alpha value is -2.56. The Bertz CT molecular complexity index is 770. The van der Waals surface area contributed by atoms with E-state index in [-0.39, 0.29) is 5.82 Å². The normalized spacial score (nSPS) is 13.6. The molecule has 0 aliphatic carbocycles. The summed E-state index contributed by atoms with van der Waals surface area (Å²) < 4.78 is 24.3. The summed E-state index contributed by atoms with van der Waals surface area (Å²) in [6, 6.07) is 10.3. The summed E-state index contributed by atoms with van der Waals surface area (Å²) in [6.45, 7) is 1.11. The first-order valence-corrected chi connectivity index (χ1v) is 6.80. The van der Waals surface area contributed by atoms with E-state index in [1.807, 2.05) is 18.2 Å². The van der Waals surface area contributed by atoms with Crippen molar-refractivity contribution in [1.82, 2.24) is 9.97 Å². The molecule has 0 fully saturated rings. The highest BCUT2D eigenvalue weighted by Gasteiger charge is 2.15. The molecule has 2 aromatic carbocycles. The highest BCUT2D eigenvalue weighted by atomic mass is 19.1. The van der Waals surface area contributed by atoms with E-state index < -0.39 is 0 Å². The first kappa shape index (κ1) is 12.2. The Morgan fingerprint density at radius 2 is 1.90 bits per heavy atom. The lowest BCUT2D eigenvalue weighted by molar-refractivity contribution is 0.172. The molecule has 2 heterocycles. The van der Waals surface area contributed by atoms with Gasteiger partial charge in [0.15, 0.2) is 11.5 Å². The molecule has 0 atom stereocenters. The smallest absolute Gasteiger partial charge is 0.163 e. The maximum absolute atomic E-state index is 13.2. The molecule has 4 nitrogen and oxygen atoms in total. The van der Waals surface area contributed by atoms with Crippen LogP contribution < -0.4 is 9.47 Å². The molecule has 0 amide bonds. The van der Waals surface area contributed by atoms with Gasteiger partial charge in [0, 0.05) is 18.6 Å². The molecule has 0 radical (unpaired) electrons. The second kappa shape index (κ2) is 4.77. The van der Waals surface area contributed by atoms with E-state index in [0.717, 1.165) is 33.9 Å². The van der Waals surface area contributed by atoms with Crippen LogP contribution in [-0.2, 0) is 6.42 Å². The van der Waals surface area contributed by atoms with Crippen molar-refractivity contribution in [2.45, 2.75) is 6.42 Å². The van der Waals surface area contributed by atoms with Crippen molar-refractivity contribution >= 4 is 11.0 Å². The first-order valence-electron chi connectivity index (χ1n) is 6.80. The summed E-state index contributed by atoms with van der Waals surface area (Å²) in [5.74, 6) is 2.01. The van der Waals surface area contributed by atoms with Crippen LogP contribution in [0.5, 0.6) is 11.5 Å². The van der Waals surface area contributed by atoms with Crippen molar-refractivity contribution < 1.29 is 13.9 Å². The average Bonchev–Trinajstić information content (AvgIpc) is 2.85. The lowest BCUT2D eigenvalue weighted by atomic mass is 10.1. The van der Waals surface area contributed by atoms with Gasteiger partial charge in [-0.2, -0.15) is 0 Å². The zero-order chi connectivity index (χ0) is 14.2. The first-order chi connectivity index (χ1) is 10.3. The van der Waals surface area contributed by atoms with E-state index in [2.05, 4.69) is 9.97 Å². The topological polar surface area (TPSA) is 47.1 Å². The van der Waals surface area contributed by atoms with Crippen LogP contribution in [0.1, 0.15) is 11.4 Å². The Morgan fingerprint density at radius 1 is 1.10 bits per heavy atom. The van der Waals surface area contributed by atoms with Gasteiger partial charge in [-0.25, -0.2) is 9.37 Å². The number of benzene rings is 2. The van der Waals surface area contributed by atoms with Crippen LogP contribution in [0.2, 0.25) is 0 Å². The van der Waals surface area contributed by atoms with Crippen molar-refractivity contribution in [3.8, 4) is 11.5 Å². The lowest BCUT2D eigenvalue weighted by Gasteiger charge is -2.17. The Morgan fingerprint density at radius 3 is 2.71 bits per heavy atom. The van der Waals surface area contributed by atoms with E-state index in [0.29, 0.717) is 19.6 Å². The Balaban J connectivity index is 1.70. The number of nitrogens with one attached hydrogen (secondary N) is 1. The SMILES string of the molecule is Fc1cccc(Cc2nc3cc4c(cc3[nH]2)OCCO4)c1. The van der Waals surface area contributed by atoms with Gasteiger partial charge in [0.25, 0.3) is 0 Å². The summed E-state index contributed by atoms with van der Waals surface area (Å²) in [5, 5.41) is 0. The third-order valence-corrected chi connectivity index (χ3v) is 3.46. The molecule has 0 spiro atoms. The monoisotopic (exact) mass is 284 g/mol. The van der Waals surface area contributed by atoms with E-state index >= 15 is 0 Å². The number of H-pyrrole nitrogens is 1. The van der Waals surface area contributed by atoms with E-state index in [9.17, 15) is 4.39 Å². The number of imidazole rings is 1. The van der Waals surface area contributed by atoms with Gasteiger partial charge >= 0.3 is 0 Å². The van der Waals surface area contributed by atoms with E-state index in [1.165, 1.54) is 12.1 Å². The van der Waals surface area contributed by atoms with Gasteiger partial charge in [0.1, 0.15) is 24.9 Å². The number of ether oxygens (including phenoxy) is 2. The zero-order valence-electron chi connectivity index (χ0n) is 11.2. The lowest BCUT2D eigenvalue weighted by Crippen LogP contribution is -2.15. The largest absolute Gasteiger partial charge is 0.486 e. The van der Waals surface area contributed by atoms with Gasteiger partial charge in [-0.3, -0.25) is 0 Å². The molecule has 5 heteroatoms. The van der Waals surface area contributed by atoms with E-state index in [1.54, 1.807) is 6.07 Å². The summed E-state index contributed by atoms with van der Waals surface area (Å²) in [7, 11) is 0. The standard InChI is InChI=1S/C16H13FN2O2/c17-11-3-1-2-10(6-11)7-16-18-12-8-14-15(9-13(12)19-16)21-5-4-20-14/h1-3,6,8-9H,4-5,7H2,(H,18,19). The van der Waals surface area contributed by atoms with Gasteiger partial charge in [0.2, 0.25) is 0 Å². The molecular formula is C16H13FN2O2. The molecule has 0 saturated carbocycles. The maximum atomic E-state index is 13.2. The van der Waals surface area contributed by atoms with Crippen LogP contribution in [0.3, 0.4) is 0 Å². The van der Waals surface area contributed by atoms with Crippen molar-refractivity contribution in [1.29, 1.82) is 0 Å². The predicted molar refractivity (Wildman–Crippen MR) is 76.3 cm³/mol. The van der Waals surface area contributed by atoms with Crippen LogP contribution in [0.25, 0.3) is 11.0 Å². The zero-order valence-corrected chi connectivity index (χ0v) is 11.2. The third kappa shape index (κ3) is 2.31. The fourth-order valence-corrected chi connectivity index (χ4v) is 2.52. The van der Waals surface area contributed by atoms with Gasteiger partial charge in [-0.15, -0.1) is 0 Å². The molecule has 3 aromatic rings. The summed E-state index contributed by atoms with van der Waals surface area (Å²) >= 11 is 0. The van der Waals surface area contributed by atoms with Gasteiger partial charge in [0.05, 0.1) is 11.0 Å². The second-order valence-corrected chi connectivity index (χ2v) is 5.00. The molecule has 1 aliphatic heterocycles. The number of hydrogen-bond acceptors (Lipinski definition) is 3. The third-order valence-electron chi connectivity index (χ3n) is 3.46. The molecule has 0 unspecified atom stereocenters.